The standard InChI is InChI=1S/C11H19N3O6/c1-14-2-3-20-7(6-14)5-12-11(19)13-8(10(17)18)4-9(15)16/h7-8H,2-6H2,1H3,(H,15,16)(H,17,18)(H2,12,13,19)/t7?,8-/m0/s1. The molecule has 2 amide bonds. The molecule has 2 atom stereocenters. The van der Waals surface area contributed by atoms with E-state index in [2.05, 4.69) is 15.5 Å². The van der Waals surface area contributed by atoms with Crippen LogP contribution >= 0.6 is 0 Å². The topological polar surface area (TPSA) is 128 Å². The molecule has 4 N–H and O–H groups in total. The van der Waals surface area contributed by atoms with Crippen molar-refractivity contribution in [1.82, 2.24) is 15.5 Å². The third kappa shape index (κ3) is 5.85. The van der Waals surface area contributed by atoms with Gasteiger partial charge in [0.15, 0.2) is 0 Å². The summed E-state index contributed by atoms with van der Waals surface area (Å²) in [7, 11) is 1.93. The molecule has 0 spiro atoms. The van der Waals surface area contributed by atoms with Crippen LogP contribution in [0.2, 0.25) is 0 Å². The Hall–Kier alpha value is -1.87. The van der Waals surface area contributed by atoms with Gasteiger partial charge in [-0.15, -0.1) is 0 Å². The fourth-order valence-corrected chi connectivity index (χ4v) is 1.78. The van der Waals surface area contributed by atoms with Crippen molar-refractivity contribution in [2.75, 3.05) is 33.3 Å². The van der Waals surface area contributed by atoms with Gasteiger partial charge in [-0.25, -0.2) is 9.59 Å². The molecule has 1 fully saturated rings. The zero-order valence-electron chi connectivity index (χ0n) is 11.2. The number of urea groups is 1. The second-order valence-corrected chi connectivity index (χ2v) is 4.60. The van der Waals surface area contributed by atoms with Gasteiger partial charge < -0.3 is 30.5 Å². The Bertz CT molecular complexity index is 375. The van der Waals surface area contributed by atoms with Gasteiger partial charge in [-0.05, 0) is 7.05 Å². The Balaban J connectivity index is 2.34. The van der Waals surface area contributed by atoms with Gasteiger partial charge in [0.05, 0.1) is 19.1 Å². The number of aliphatic carboxylic acids is 2. The molecule has 0 radical (unpaired) electrons. The van der Waals surface area contributed by atoms with Crippen molar-refractivity contribution >= 4 is 18.0 Å². The quantitative estimate of drug-likeness (QED) is 0.470. The van der Waals surface area contributed by atoms with Gasteiger partial charge >= 0.3 is 18.0 Å². The Labute approximate surface area is 115 Å². The number of carboxylic acid groups (broad SMARTS) is 2. The highest BCUT2D eigenvalue weighted by Crippen LogP contribution is 2.01. The van der Waals surface area contributed by atoms with Crippen LogP contribution in [0.15, 0.2) is 0 Å². The van der Waals surface area contributed by atoms with Crippen LogP contribution in [0.5, 0.6) is 0 Å². The first-order valence-electron chi connectivity index (χ1n) is 6.17. The molecule has 0 aromatic heterocycles. The summed E-state index contributed by atoms with van der Waals surface area (Å²) >= 11 is 0. The van der Waals surface area contributed by atoms with E-state index in [0.717, 1.165) is 6.54 Å². The monoisotopic (exact) mass is 289 g/mol. The minimum atomic E-state index is -1.46. The molecule has 1 saturated heterocycles. The number of hydrogen-bond donors (Lipinski definition) is 4. The summed E-state index contributed by atoms with van der Waals surface area (Å²) in [5.41, 5.74) is 0. The van der Waals surface area contributed by atoms with Gasteiger partial charge in [0.1, 0.15) is 6.04 Å². The van der Waals surface area contributed by atoms with E-state index in [9.17, 15) is 14.4 Å². The summed E-state index contributed by atoms with van der Waals surface area (Å²) < 4.78 is 5.42. The second-order valence-electron chi connectivity index (χ2n) is 4.60. The molecule has 1 aliphatic heterocycles. The van der Waals surface area contributed by atoms with Crippen LogP contribution in [0.1, 0.15) is 6.42 Å². The average Bonchev–Trinajstić information content (AvgIpc) is 2.35. The summed E-state index contributed by atoms with van der Waals surface area (Å²) in [5.74, 6) is -2.69. The Kier molecular flexibility index (Phi) is 6.19. The van der Waals surface area contributed by atoms with E-state index in [0.29, 0.717) is 13.2 Å². The SMILES string of the molecule is CN1CCOC(CNC(=O)N[C@@H](CC(=O)O)C(=O)O)C1. The zero-order valence-corrected chi connectivity index (χ0v) is 11.2. The Morgan fingerprint density at radius 3 is 2.65 bits per heavy atom. The van der Waals surface area contributed by atoms with E-state index in [1.807, 2.05) is 7.05 Å². The third-order valence-corrected chi connectivity index (χ3v) is 2.81. The lowest BCUT2D eigenvalue weighted by molar-refractivity contribution is -0.145. The van der Waals surface area contributed by atoms with Crippen LogP contribution in [0.4, 0.5) is 4.79 Å². The average molecular weight is 289 g/mol. The van der Waals surface area contributed by atoms with Crippen LogP contribution < -0.4 is 10.6 Å². The molecule has 0 aromatic rings. The van der Waals surface area contributed by atoms with Gasteiger partial charge in [-0.3, -0.25) is 4.79 Å². The summed E-state index contributed by atoms with van der Waals surface area (Å²) in [5, 5.41) is 21.9. The molecule has 9 heteroatoms. The molecule has 20 heavy (non-hydrogen) atoms. The molecule has 1 aliphatic rings. The Morgan fingerprint density at radius 2 is 2.10 bits per heavy atom. The molecule has 0 aromatic carbocycles. The van der Waals surface area contributed by atoms with Crippen molar-refractivity contribution in [1.29, 1.82) is 0 Å². The Morgan fingerprint density at radius 1 is 1.40 bits per heavy atom. The highest BCUT2D eigenvalue weighted by Gasteiger charge is 2.24. The molecular weight excluding hydrogens is 270 g/mol. The number of nitrogens with zero attached hydrogens (tertiary/aromatic N) is 1. The minimum absolute atomic E-state index is 0.165. The smallest absolute Gasteiger partial charge is 0.326 e. The molecule has 1 unspecified atom stereocenters. The number of likely N-dealkylation sites (N-methyl/N-ethyl adjacent to an activating group) is 1. The summed E-state index contributed by atoms with van der Waals surface area (Å²) in [6, 6.07) is -2.18. The van der Waals surface area contributed by atoms with E-state index >= 15 is 0 Å². The van der Waals surface area contributed by atoms with E-state index in [4.69, 9.17) is 14.9 Å². The first-order chi connectivity index (χ1) is 9.38. The van der Waals surface area contributed by atoms with Gasteiger partial charge in [0.2, 0.25) is 0 Å². The minimum Gasteiger partial charge on any atom is -0.481 e. The number of amides is 2. The van der Waals surface area contributed by atoms with Crippen LogP contribution in [-0.4, -0.2) is 78.5 Å². The van der Waals surface area contributed by atoms with E-state index < -0.39 is 30.4 Å². The normalized spacial score (nSPS) is 20.9. The van der Waals surface area contributed by atoms with Gasteiger partial charge in [0.25, 0.3) is 0 Å². The van der Waals surface area contributed by atoms with Crippen molar-refractivity contribution < 1.29 is 29.3 Å². The number of hydrogen-bond acceptors (Lipinski definition) is 5. The number of rotatable bonds is 6. The summed E-state index contributed by atoms with van der Waals surface area (Å²) in [6.45, 7) is 2.29. The summed E-state index contributed by atoms with van der Waals surface area (Å²) in [4.78, 5) is 34.8. The molecule has 1 heterocycles. The van der Waals surface area contributed by atoms with Crippen molar-refractivity contribution in [3.05, 3.63) is 0 Å². The molecule has 1 rings (SSSR count). The predicted octanol–water partition coefficient (Wildman–Crippen LogP) is -1.46. The lowest BCUT2D eigenvalue weighted by Crippen LogP contribution is -2.51. The van der Waals surface area contributed by atoms with Gasteiger partial charge in [-0.1, -0.05) is 0 Å². The lowest BCUT2D eigenvalue weighted by Gasteiger charge is -2.30. The first-order valence-corrected chi connectivity index (χ1v) is 6.17. The fourth-order valence-electron chi connectivity index (χ4n) is 1.78. The predicted molar refractivity (Wildman–Crippen MR) is 67.4 cm³/mol. The van der Waals surface area contributed by atoms with Crippen molar-refractivity contribution in [2.24, 2.45) is 0 Å². The lowest BCUT2D eigenvalue weighted by atomic mass is 10.2. The number of carbonyl (C=O) groups is 3. The van der Waals surface area contributed by atoms with E-state index in [1.165, 1.54) is 0 Å². The first kappa shape index (κ1) is 16.2. The highest BCUT2D eigenvalue weighted by atomic mass is 16.5. The van der Waals surface area contributed by atoms with Crippen LogP contribution in [0.3, 0.4) is 0 Å². The van der Waals surface area contributed by atoms with Crippen LogP contribution in [-0.2, 0) is 14.3 Å². The molecule has 0 saturated carbocycles. The summed E-state index contributed by atoms with van der Waals surface area (Å²) in [6.07, 6.45) is -0.840. The maximum atomic E-state index is 11.5. The molecular formula is C11H19N3O6. The maximum absolute atomic E-state index is 11.5. The second kappa shape index (κ2) is 7.65. The van der Waals surface area contributed by atoms with Gasteiger partial charge in [-0.2, -0.15) is 0 Å². The maximum Gasteiger partial charge on any atom is 0.326 e. The number of carbonyl (C=O) groups excluding carboxylic acids is 1. The zero-order chi connectivity index (χ0) is 15.1. The third-order valence-electron chi connectivity index (χ3n) is 2.81. The number of ether oxygens (including phenoxy) is 1. The number of morpholine rings is 1. The number of carboxylic acids is 2. The highest BCUT2D eigenvalue weighted by molar-refractivity contribution is 5.86. The fraction of sp³-hybridized carbons (Fsp3) is 0.727. The molecule has 9 nitrogen and oxygen atoms in total. The largest absolute Gasteiger partial charge is 0.481 e. The van der Waals surface area contributed by atoms with Crippen LogP contribution in [0, 0.1) is 0 Å². The number of nitrogens with one attached hydrogen (secondary N) is 2. The van der Waals surface area contributed by atoms with Crippen LogP contribution in [0.25, 0.3) is 0 Å². The molecule has 0 bridgehead atoms. The molecule has 114 valence electrons. The van der Waals surface area contributed by atoms with Gasteiger partial charge in [0, 0.05) is 19.6 Å². The molecule has 0 aliphatic carbocycles. The van der Waals surface area contributed by atoms with E-state index in [-0.39, 0.29) is 12.6 Å². The van der Waals surface area contributed by atoms with Crippen molar-refractivity contribution in [2.45, 2.75) is 18.6 Å². The van der Waals surface area contributed by atoms with Crippen molar-refractivity contribution in [3.8, 4) is 0 Å². The van der Waals surface area contributed by atoms with E-state index in [1.54, 1.807) is 0 Å². The van der Waals surface area contributed by atoms with Crippen molar-refractivity contribution in [3.63, 3.8) is 0 Å².